The average Bonchev–Trinajstić information content (AvgIpc) is 3.11. The summed E-state index contributed by atoms with van der Waals surface area (Å²) in [5.74, 6) is -0.381. The third-order valence-corrected chi connectivity index (χ3v) is 4.87. The first-order valence-electron chi connectivity index (χ1n) is 9.99. The largest absolute Gasteiger partial charge is 0.480 e. The van der Waals surface area contributed by atoms with E-state index in [9.17, 15) is 33.3 Å². The Kier molecular flexibility index (Phi) is 7.25. The molecule has 3 N–H and O–H groups in total. The van der Waals surface area contributed by atoms with E-state index in [4.69, 9.17) is 9.47 Å². The van der Waals surface area contributed by atoms with Crippen LogP contribution in [0.2, 0.25) is 0 Å². The first-order chi connectivity index (χ1) is 15.6. The molecule has 0 aliphatic rings. The highest BCUT2D eigenvalue weighted by molar-refractivity contribution is 5.94. The molecule has 0 saturated heterocycles. The van der Waals surface area contributed by atoms with Gasteiger partial charge in [-0.25, -0.2) is 9.78 Å². The molecular formula is C20H23F3N4O6. The standard InChI is InChI=1S/C20H23F3N4O6/c1-3-26-16(10-30)25-27(19(26)31)13-6-12-4-5-24-18(33-14(8-28)9-29)17(12)15(7-13)32-11(2)20(21,22)23/h4-7,11,14,28-30H,3,8-10H2,1-2H3. The van der Waals surface area contributed by atoms with Gasteiger partial charge in [0.15, 0.2) is 11.9 Å². The zero-order valence-corrected chi connectivity index (χ0v) is 17.8. The SMILES string of the molecule is CCn1c(CO)nn(-c2cc(OC(C)C(F)(F)F)c3c(OC(CO)CO)nccc3c2)c1=O. The summed E-state index contributed by atoms with van der Waals surface area (Å²) in [6.45, 7) is 1.10. The van der Waals surface area contributed by atoms with Crippen molar-refractivity contribution in [1.82, 2.24) is 19.3 Å². The molecule has 3 rings (SSSR count). The third kappa shape index (κ3) is 4.94. The molecule has 0 bridgehead atoms. The molecule has 0 spiro atoms. The molecule has 0 radical (unpaired) electrons. The maximum absolute atomic E-state index is 13.3. The summed E-state index contributed by atoms with van der Waals surface area (Å²) < 4.78 is 52.6. The van der Waals surface area contributed by atoms with Crippen molar-refractivity contribution >= 4 is 10.8 Å². The van der Waals surface area contributed by atoms with Crippen molar-refractivity contribution in [2.75, 3.05) is 13.2 Å². The summed E-state index contributed by atoms with van der Waals surface area (Å²) in [6.07, 6.45) is -6.65. The van der Waals surface area contributed by atoms with Crippen LogP contribution in [0, 0.1) is 0 Å². The maximum atomic E-state index is 13.3. The normalized spacial score (nSPS) is 13.0. The molecule has 1 unspecified atom stereocenters. The van der Waals surface area contributed by atoms with E-state index in [1.807, 2.05) is 0 Å². The number of hydrogen-bond donors (Lipinski definition) is 3. The third-order valence-electron chi connectivity index (χ3n) is 4.87. The molecule has 1 atom stereocenters. The zero-order chi connectivity index (χ0) is 24.3. The van der Waals surface area contributed by atoms with Gasteiger partial charge in [-0.2, -0.15) is 17.9 Å². The van der Waals surface area contributed by atoms with Gasteiger partial charge in [-0.05, 0) is 31.4 Å². The first-order valence-corrected chi connectivity index (χ1v) is 9.99. The summed E-state index contributed by atoms with van der Waals surface area (Å²) in [5.41, 5.74) is -0.501. The number of halogens is 3. The lowest BCUT2D eigenvalue weighted by Gasteiger charge is -2.21. The van der Waals surface area contributed by atoms with Gasteiger partial charge in [0, 0.05) is 18.8 Å². The Labute approximate surface area is 185 Å². The summed E-state index contributed by atoms with van der Waals surface area (Å²) in [4.78, 5) is 16.7. The van der Waals surface area contributed by atoms with Gasteiger partial charge >= 0.3 is 11.9 Å². The molecule has 0 aliphatic carbocycles. The second-order valence-electron chi connectivity index (χ2n) is 7.08. The van der Waals surface area contributed by atoms with Crippen LogP contribution in [0.1, 0.15) is 19.7 Å². The number of ether oxygens (including phenoxy) is 2. The van der Waals surface area contributed by atoms with Crippen LogP contribution in [0.25, 0.3) is 16.5 Å². The lowest BCUT2D eigenvalue weighted by Crippen LogP contribution is -2.31. The van der Waals surface area contributed by atoms with Gasteiger partial charge in [0.1, 0.15) is 18.5 Å². The van der Waals surface area contributed by atoms with Crippen molar-refractivity contribution in [3.8, 4) is 17.3 Å². The average molecular weight is 472 g/mol. The van der Waals surface area contributed by atoms with Crippen LogP contribution in [0.5, 0.6) is 11.6 Å². The number of pyridine rings is 1. The lowest BCUT2D eigenvalue weighted by molar-refractivity contribution is -0.189. The summed E-state index contributed by atoms with van der Waals surface area (Å²) in [6, 6.07) is 4.12. The van der Waals surface area contributed by atoms with E-state index in [1.165, 1.54) is 29.0 Å². The molecule has 10 nitrogen and oxygen atoms in total. The second kappa shape index (κ2) is 9.77. The molecule has 13 heteroatoms. The van der Waals surface area contributed by atoms with Crippen molar-refractivity contribution in [2.45, 2.75) is 45.4 Å². The van der Waals surface area contributed by atoms with E-state index in [-0.39, 0.29) is 35.1 Å². The molecular weight excluding hydrogens is 449 g/mol. The smallest absolute Gasteiger partial charge is 0.425 e. The van der Waals surface area contributed by atoms with Crippen LogP contribution in [0.4, 0.5) is 13.2 Å². The number of benzene rings is 1. The van der Waals surface area contributed by atoms with Crippen LogP contribution in [-0.4, -0.2) is 66.2 Å². The topological polar surface area (TPSA) is 132 Å². The minimum atomic E-state index is -4.69. The Morgan fingerprint density at radius 2 is 1.85 bits per heavy atom. The van der Waals surface area contributed by atoms with Gasteiger partial charge in [0.05, 0.1) is 24.3 Å². The molecule has 0 saturated carbocycles. The summed E-state index contributed by atoms with van der Waals surface area (Å²) in [7, 11) is 0. The predicted octanol–water partition coefficient (Wildman–Crippen LogP) is 1.16. The quantitative estimate of drug-likeness (QED) is 0.423. The van der Waals surface area contributed by atoms with Gasteiger partial charge in [-0.3, -0.25) is 4.57 Å². The Morgan fingerprint density at radius 3 is 2.39 bits per heavy atom. The molecule has 1 aromatic carbocycles. The van der Waals surface area contributed by atoms with Crippen molar-refractivity contribution in [1.29, 1.82) is 0 Å². The number of nitrogens with zero attached hydrogens (tertiary/aromatic N) is 4. The highest BCUT2D eigenvalue weighted by atomic mass is 19.4. The fourth-order valence-electron chi connectivity index (χ4n) is 3.12. The number of rotatable bonds is 9. The Hall–Kier alpha value is -3.16. The van der Waals surface area contributed by atoms with E-state index in [1.54, 1.807) is 6.92 Å². The molecule has 2 heterocycles. The van der Waals surface area contributed by atoms with E-state index < -0.39 is 43.9 Å². The molecule has 33 heavy (non-hydrogen) atoms. The molecule has 0 aliphatic heterocycles. The van der Waals surface area contributed by atoms with Crippen LogP contribution in [0.3, 0.4) is 0 Å². The van der Waals surface area contributed by atoms with Gasteiger partial charge in [-0.15, -0.1) is 5.10 Å². The van der Waals surface area contributed by atoms with Crippen LogP contribution in [0.15, 0.2) is 29.2 Å². The molecule has 180 valence electrons. The van der Waals surface area contributed by atoms with Crippen molar-refractivity contribution in [3.63, 3.8) is 0 Å². The van der Waals surface area contributed by atoms with Crippen LogP contribution < -0.4 is 15.2 Å². The highest BCUT2D eigenvalue weighted by Gasteiger charge is 2.38. The van der Waals surface area contributed by atoms with Crippen molar-refractivity contribution in [3.05, 3.63) is 40.7 Å². The van der Waals surface area contributed by atoms with Gasteiger partial charge in [0.25, 0.3) is 0 Å². The zero-order valence-electron chi connectivity index (χ0n) is 17.8. The monoisotopic (exact) mass is 472 g/mol. The van der Waals surface area contributed by atoms with Crippen LogP contribution >= 0.6 is 0 Å². The maximum Gasteiger partial charge on any atom is 0.425 e. The fraction of sp³-hybridized carbons (Fsp3) is 0.450. The number of aliphatic hydroxyl groups is 3. The highest BCUT2D eigenvalue weighted by Crippen LogP contribution is 2.37. The first kappa shape index (κ1) is 24.5. The van der Waals surface area contributed by atoms with Gasteiger partial charge in [-0.1, -0.05) is 0 Å². The van der Waals surface area contributed by atoms with E-state index in [2.05, 4.69) is 10.1 Å². The Bertz CT molecular complexity index is 1170. The number of hydrogen-bond acceptors (Lipinski definition) is 8. The number of alkyl halides is 3. The molecule has 0 fully saturated rings. The number of aromatic nitrogens is 4. The minimum Gasteiger partial charge on any atom is -0.480 e. The summed E-state index contributed by atoms with van der Waals surface area (Å²) in [5, 5.41) is 32.5. The van der Waals surface area contributed by atoms with Crippen molar-refractivity contribution < 1.29 is 38.0 Å². The molecule has 0 amide bonds. The van der Waals surface area contributed by atoms with Gasteiger partial charge in [0.2, 0.25) is 5.88 Å². The Morgan fingerprint density at radius 1 is 1.15 bits per heavy atom. The predicted molar refractivity (Wildman–Crippen MR) is 109 cm³/mol. The summed E-state index contributed by atoms with van der Waals surface area (Å²) >= 11 is 0. The number of aliphatic hydroxyl groups excluding tert-OH is 3. The lowest BCUT2D eigenvalue weighted by atomic mass is 10.1. The molecule has 2 aromatic heterocycles. The fourth-order valence-corrected chi connectivity index (χ4v) is 3.12. The number of fused-ring (bicyclic) bond motifs is 1. The van der Waals surface area contributed by atoms with E-state index >= 15 is 0 Å². The minimum absolute atomic E-state index is 0.0506. The van der Waals surface area contributed by atoms with Gasteiger partial charge < -0.3 is 24.8 Å². The Balaban J connectivity index is 2.25. The molecule has 3 aromatic rings. The second-order valence-corrected chi connectivity index (χ2v) is 7.08. The van der Waals surface area contributed by atoms with Crippen molar-refractivity contribution in [2.24, 2.45) is 0 Å². The van der Waals surface area contributed by atoms with Crippen LogP contribution in [-0.2, 0) is 13.2 Å². The van der Waals surface area contributed by atoms with E-state index in [0.717, 1.165) is 11.6 Å². The van der Waals surface area contributed by atoms with E-state index in [0.29, 0.717) is 5.39 Å².